The lowest BCUT2D eigenvalue weighted by Gasteiger charge is -2.47. The summed E-state index contributed by atoms with van der Waals surface area (Å²) in [6.07, 6.45) is 4.45. The highest BCUT2D eigenvalue weighted by Crippen LogP contribution is 2.47. The van der Waals surface area contributed by atoms with Crippen LogP contribution in [0.2, 0.25) is 0 Å². The molecule has 1 amide bonds. The molecule has 0 radical (unpaired) electrons. The average Bonchev–Trinajstić information content (AvgIpc) is 3.34. The molecule has 1 saturated carbocycles. The van der Waals surface area contributed by atoms with E-state index >= 15 is 0 Å². The van der Waals surface area contributed by atoms with E-state index in [1.165, 1.54) is 6.42 Å². The molecule has 2 aliphatic heterocycles. The third-order valence-electron chi connectivity index (χ3n) is 6.67. The van der Waals surface area contributed by atoms with Crippen LogP contribution < -0.4 is 4.90 Å². The van der Waals surface area contributed by atoms with Crippen LogP contribution in [-0.2, 0) is 0 Å². The lowest BCUT2D eigenvalue weighted by molar-refractivity contribution is 0.00903. The molecule has 1 aliphatic carbocycles. The van der Waals surface area contributed by atoms with E-state index in [0.717, 1.165) is 50.4 Å². The van der Waals surface area contributed by atoms with E-state index in [9.17, 15) is 4.79 Å². The molecule has 29 heavy (non-hydrogen) atoms. The highest BCUT2D eigenvalue weighted by Gasteiger charge is 2.50. The number of hydrogen-bond acceptors (Lipinski definition) is 7. The lowest BCUT2D eigenvalue weighted by Crippen LogP contribution is -2.58. The van der Waals surface area contributed by atoms with Crippen LogP contribution in [0.25, 0.3) is 11.5 Å². The molecule has 9 nitrogen and oxygen atoms in total. The number of carboxylic acid groups (broad SMARTS) is 1. The van der Waals surface area contributed by atoms with Crippen molar-refractivity contribution in [2.45, 2.75) is 32.2 Å². The number of aromatic nitrogens is 3. The van der Waals surface area contributed by atoms with Crippen molar-refractivity contribution in [3.05, 3.63) is 24.2 Å². The van der Waals surface area contributed by atoms with Crippen LogP contribution >= 0.6 is 0 Å². The van der Waals surface area contributed by atoms with Crippen LogP contribution in [0, 0.1) is 12.3 Å². The molecule has 9 heteroatoms. The van der Waals surface area contributed by atoms with Gasteiger partial charge in [0, 0.05) is 63.8 Å². The normalized spacial score (nSPS) is 24.1. The molecule has 154 valence electrons. The fourth-order valence-electron chi connectivity index (χ4n) is 5.19. The number of hydrogen-bond donors (Lipinski definition) is 1. The molecule has 1 spiro atoms. The Morgan fingerprint density at radius 3 is 2.72 bits per heavy atom. The van der Waals surface area contributed by atoms with Crippen molar-refractivity contribution in [3.8, 4) is 11.5 Å². The van der Waals surface area contributed by atoms with Crippen molar-refractivity contribution in [1.82, 2.24) is 25.0 Å². The second-order valence-electron chi connectivity index (χ2n) is 8.56. The van der Waals surface area contributed by atoms with Gasteiger partial charge in [-0.3, -0.25) is 4.90 Å². The first-order chi connectivity index (χ1) is 14.0. The standard InChI is InChI=1S/C20H26N6O3/c1-14-22-23-18(29-14)16-3-2-6-21-17(16)25-9-7-24(8-10-25)15-4-5-20(11-15)12-26(13-20)19(27)28/h2-3,6,15H,4-5,7-13H2,1H3,(H,27,28)/t15-/m1/s1. The zero-order valence-corrected chi connectivity index (χ0v) is 16.6. The molecule has 3 fully saturated rings. The summed E-state index contributed by atoms with van der Waals surface area (Å²) in [5, 5.41) is 17.2. The third-order valence-corrected chi connectivity index (χ3v) is 6.67. The number of piperazine rings is 1. The quantitative estimate of drug-likeness (QED) is 0.839. The van der Waals surface area contributed by atoms with Gasteiger partial charge in [-0.15, -0.1) is 10.2 Å². The van der Waals surface area contributed by atoms with Crippen molar-refractivity contribution < 1.29 is 14.3 Å². The first kappa shape index (κ1) is 18.4. The summed E-state index contributed by atoms with van der Waals surface area (Å²) in [4.78, 5) is 22.1. The summed E-state index contributed by atoms with van der Waals surface area (Å²) in [5.41, 5.74) is 1.11. The van der Waals surface area contributed by atoms with Gasteiger partial charge in [-0.2, -0.15) is 0 Å². The van der Waals surface area contributed by atoms with E-state index in [1.807, 2.05) is 12.1 Å². The Kier molecular flexibility index (Phi) is 4.42. The van der Waals surface area contributed by atoms with Gasteiger partial charge < -0.3 is 19.3 Å². The smallest absolute Gasteiger partial charge is 0.407 e. The van der Waals surface area contributed by atoms with Gasteiger partial charge in [0.1, 0.15) is 5.82 Å². The molecule has 0 aromatic carbocycles. The maximum Gasteiger partial charge on any atom is 0.407 e. The predicted molar refractivity (Wildman–Crippen MR) is 106 cm³/mol. The molecule has 2 saturated heterocycles. The molecule has 1 N–H and O–H groups in total. The largest absolute Gasteiger partial charge is 0.465 e. The van der Waals surface area contributed by atoms with Gasteiger partial charge in [0.15, 0.2) is 0 Å². The monoisotopic (exact) mass is 398 g/mol. The Balaban J connectivity index is 1.22. The molecule has 4 heterocycles. The zero-order valence-electron chi connectivity index (χ0n) is 16.6. The fraction of sp³-hybridized carbons (Fsp3) is 0.600. The fourth-order valence-corrected chi connectivity index (χ4v) is 5.19. The minimum atomic E-state index is -0.782. The summed E-state index contributed by atoms with van der Waals surface area (Å²) in [6.45, 7) is 6.99. The van der Waals surface area contributed by atoms with Crippen molar-refractivity contribution in [2.24, 2.45) is 5.41 Å². The van der Waals surface area contributed by atoms with Gasteiger partial charge in [0.05, 0.1) is 5.56 Å². The zero-order chi connectivity index (χ0) is 20.0. The van der Waals surface area contributed by atoms with Crippen molar-refractivity contribution in [2.75, 3.05) is 44.2 Å². The molecule has 0 unspecified atom stereocenters. The van der Waals surface area contributed by atoms with Gasteiger partial charge in [-0.1, -0.05) is 0 Å². The van der Waals surface area contributed by atoms with Crippen LogP contribution in [0.1, 0.15) is 25.2 Å². The van der Waals surface area contributed by atoms with E-state index in [4.69, 9.17) is 9.52 Å². The summed E-state index contributed by atoms with van der Waals surface area (Å²) < 4.78 is 5.63. The van der Waals surface area contributed by atoms with E-state index in [2.05, 4.69) is 25.0 Å². The summed E-state index contributed by atoms with van der Waals surface area (Å²) in [6, 6.07) is 4.44. The topological polar surface area (TPSA) is 98.8 Å². The molecule has 0 bridgehead atoms. The minimum Gasteiger partial charge on any atom is -0.465 e. The molecule has 2 aromatic rings. The van der Waals surface area contributed by atoms with E-state index < -0.39 is 6.09 Å². The lowest BCUT2D eigenvalue weighted by atomic mass is 9.78. The Morgan fingerprint density at radius 1 is 1.24 bits per heavy atom. The number of carbonyl (C=O) groups is 1. The van der Waals surface area contributed by atoms with Crippen LogP contribution in [-0.4, -0.2) is 81.5 Å². The molecule has 1 atom stereocenters. The Morgan fingerprint density at radius 2 is 2.03 bits per heavy atom. The Labute approximate surface area is 169 Å². The second-order valence-corrected chi connectivity index (χ2v) is 8.56. The van der Waals surface area contributed by atoms with Gasteiger partial charge in [-0.25, -0.2) is 9.78 Å². The van der Waals surface area contributed by atoms with Gasteiger partial charge in [0.2, 0.25) is 5.89 Å². The van der Waals surface area contributed by atoms with Crippen molar-refractivity contribution in [1.29, 1.82) is 0 Å². The van der Waals surface area contributed by atoms with E-state index in [-0.39, 0.29) is 5.41 Å². The van der Waals surface area contributed by atoms with Crippen LogP contribution in [0.4, 0.5) is 10.6 Å². The third kappa shape index (κ3) is 3.33. The highest BCUT2D eigenvalue weighted by atomic mass is 16.4. The van der Waals surface area contributed by atoms with Crippen LogP contribution in [0.3, 0.4) is 0 Å². The second kappa shape index (κ2) is 6.98. The summed E-state index contributed by atoms with van der Waals surface area (Å²) >= 11 is 0. The first-order valence-corrected chi connectivity index (χ1v) is 10.3. The van der Waals surface area contributed by atoms with Gasteiger partial charge in [0.25, 0.3) is 5.89 Å². The number of likely N-dealkylation sites (tertiary alicyclic amines) is 1. The summed E-state index contributed by atoms with van der Waals surface area (Å²) in [5.74, 6) is 1.96. The van der Waals surface area contributed by atoms with Crippen molar-refractivity contribution >= 4 is 11.9 Å². The number of aryl methyl sites for hydroxylation is 1. The number of rotatable bonds is 3. The number of pyridine rings is 1. The molecule has 2 aromatic heterocycles. The van der Waals surface area contributed by atoms with Crippen LogP contribution in [0.15, 0.2) is 22.7 Å². The minimum absolute atomic E-state index is 0.226. The van der Waals surface area contributed by atoms with E-state index in [1.54, 1.807) is 18.0 Å². The highest BCUT2D eigenvalue weighted by molar-refractivity contribution is 5.69. The SMILES string of the molecule is Cc1nnc(-c2cccnc2N2CCN([C@@H]3CCC4(C3)CN(C(=O)O)C4)CC2)o1. The number of amides is 1. The van der Waals surface area contributed by atoms with Crippen LogP contribution in [0.5, 0.6) is 0 Å². The number of nitrogens with zero attached hydrogens (tertiary/aromatic N) is 6. The molecular formula is C20H26N6O3. The average molecular weight is 398 g/mol. The summed E-state index contributed by atoms with van der Waals surface area (Å²) in [7, 11) is 0. The van der Waals surface area contributed by atoms with Gasteiger partial charge >= 0.3 is 6.09 Å². The molecule has 5 rings (SSSR count). The van der Waals surface area contributed by atoms with Gasteiger partial charge in [-0.05, 0) is 31.4 Å². The Bertz CT molecular complexity index is 901. The Hall–Kier alpha value is -2.68. The number of anilines is 1. The maximum absolute atomic E-state index is 11.1. The van der Waals surface area contributed by atoms with Crippen molar-refractivity contribution in [3.63, 3.8) is 0 Å². The molecule has 3 aliphatic rings. The van der Waals surface area contributed by atoms with E-state index in [0.29, 0.717) is 30.9 Å². The first-order valence-electron chi connectivity index (χ1n) is 10.3. The predicted octanol–water partition coefficient (Wildman–Crippen LogP) is 2.09. The molecular weight excluding hydrogens is 372 g/mol. The maximum atomic E-state index is 11.1.